The van der Waals surface area contributed by atoms with Crippen LogP contribution in [0.15, 0.2) is 24.5 Å². The number of benzene rings is 1. The van der Waals surface area contributed by atoms with Gasteiger partial charge in [0, 0.05) is 44.6 Å². The Labute approximate surface area is 139 Å². The van der Waals surface area contributed by atoms with Crippen molar-refractivity contribution < 1.29 is 14.4 Å². The molecule has 0 bridgehead atoms. The minimum absolute atomic E-state index is 0.0174. The Morgan fingerprint density at radius 2 is 1.79 bits per heavy atom. The topological polar surface area (TPSA) is 86.4 Å². The summed E-state index contributed by atoms with van der Waals surface area (Å²) in [6.45, 7) is 3.52. The van der Waals surface area contributed by atoms with Gasteiger partial charge in [0.05, 0.1) is 17.4 Å². The van der Waals surface area contributed by atoms with E-state index in [-0.39, 0.29) is 30.4 Å². The number of ketones is 1. The summed E-state index contributed by atoms with van der Waals surface area (Å²) in [6.07, 6.45) is 2.13. The van der Waals surface area contributed by atoms with Gasteiger partial charge in [-0.05, 0) is 25.1 Å². The molecule has 1 aromatic carbocycles. The van der Waals surface area contributed by atoms with Crippen molar-refractivity contribution in [3.63, 3.8) is 0 Å². The number of H-pyrrole nitrogens is 1. The molecule has 1 aliphatic rings. The highest BCUT2D eigenvalue weighted by molar-refractivity contribution is 5.97. The van der Waals surface area contributed by atoms with Crippen LogP contribution in [-0.4, -0.2) is 63.5 Å². The van der Waals surface area contributed by atoms with Crippen LogP contribution in [0.3, 0.4) is 0 Å². The fourth-order valence-corrected chi connectivity index (χ4v) is 2.85. The van der Waals surface area contributed by atoms with Crippen molar-refractivity contribution in [2.24, 2.45) is 0 Å². The smallest absolute Gasteiger partial charge is 0.254 e. The number of hydrogen-bond acceptors (Lipinski definition) is 4. The molecule has 1 aliphatic heterocycles. The van der Waals surface area contributed by atoms with E-state index in [1.54, 1.807) is 28.3 Å². The van der Waals surface area contributed by atoms with Crippen LogP contribution in [0.4, 0.5) is 0 Å². The number of carbonyl (C=O) groups is 3. The molecule has 24 heavy (non-hydrogen) atoms. The summed E-state index contributed by atoms with van der Waals surface area (Å²) in [5, 5.41) is 0. The Bertz CT molecular complexity index is 775. The maximum atomic E-state index is 12.6. The molecular formula is C17H20N4O3. The normalized spacial score (nSPS) is 14.9. The number of amides is 2. The highest BCUT2D eigenvalue weighted by Crippen LogP contribution is 2.15. The first-order valence-corrected chi connectivity index (χ1v) is 8.04. The quantitative estimate of drug-likeness (QED) is 0.914. The number of carbonyl (C=O) groups excluding carboxylic acids is 3. The Kier molecular flexibility index (Phi) is 4.59. The number of hydrogen-bond donors (Lipinski definition) is 1. The van der Waals surface area contributed by atoms with Crippen molar-refractivity contribution >= 4 is 28.6 Å². The lowest BCUT2D eigenvalue weighted by Crippen LogP contribution is -2.50. The summed E-state index contributed by atoms with van der Waals surface area (Å²) < 4.78 is 0. The minimum Gasteiger partial charge on any atom is -0.345 e. The van der Waals surface area contributed by atoms with E-state index in [0.717, 1.165) is 11.0 Å². The van der Waals surface area contributed by atoms with Gasteiger partial charge in [-0.1, -0.05) is 0 Å². The first-order chi connectivity index (χ1) is 11.5. The number of aromatic nitrogens is 2. The number of aromatic amines is 1. The van der Waals surface area contributed by atoms with Crippen LogP contribution in [0.2, 0.25) is 0 Å². The third kappa shape index (κ3) is 3.45. The van der Waals surface area contributed by atoms with Crippen molar-refractivity contribution in [1.82, 2.24) is 19.8 Å². The van der Waals surface area contributed by atoms with E-state index in [2.05, 4.69) is 9.97 Å². The Balaban J connectivity index is 1.58. The molecule has 3 rings (SSSR count). The molecule has 1 saturated heterocycles. The third-order valence-corrected chi connectivity index (χ3v) is 4.28. The van der Waals surface area contributed by atoms with Gasteiger partial charge in [0.15, 0.2) is 0 Å². The van der Waals surface area contributed by atoms with Gasteiger partial charge in [-0.15, -0.1) is 0 Å². The molecule has 0 aliphatic carbocycles. The standard InChI is InChI=1S/C17H20N4O3/c1-12(22)2-5-16(23)20-6-8-21(9-7-20)17(24)13-3-4-14-15(10-13)19-11-18-14/h3-4,10-11H,2,5-9H2,1H3,(H,18,19). The molecule has 126 valence electrons. The minimum atomic E-state index is -0.0395. The van der Waals surface area contributed by atoms with Crippen LogP contribution in [0.5, 0.6) is 0 Å². The van der Waals surface area contributed by atoms with E-state index < -0.39 is 0 Å². The highest BCUT2D eigenvalue weighted by Gasteiger charge is 2.25. The van der Waals surface area contributed by atoms with Crippen LogP contribution in [0.25, 0.3) is 11.0 Å². The summed E-state index contributed by atoms with van der Waals surface area (Å²) >= 11 is 0. The average Bonchev–Trinajstić information content (AvgIpc) is 3.06. The number of rotatable bonds is 4. The van der Waals surface area contributed by atoms with Crippen molar-refractivity contribution in [3.8, 4) is 0 Å². The number of imidazole rings is 1. The van der Waals surface area contributed by atoms with Gasteiger partial charge < -0.3 is 19.6 Å². The van der Waals surface area contributed by atoms with Crippen LogP contribution in [-0.2, 0) is 9.59 Å². The van der Waals surface area contributed by atoms with Gasteiger partial charge in [-0.2, -0.15) is 0 Å². The lowest BCUT2D eigenvalue weighted by atomic mass is 10.1. The Morgan fingerprint density at radius 3 is 2.50 bits per heavy atom. The number of piperazine rings is 1. The van der Waals surface area contributed by atoms with Gasteiger partial charge >= 0.3 is 0 Å². The van der Waals surface area contributed by atoms with E-state index in [9.17, 15) is 14.4 Å². The predicted octanol–water partition coefficient (Wildman–Crippen LogP) is 1.22. The maximum Gasteiger partial charge on any atom is 0.254 e. The van der Waals surface area contributed by atoms with E-state index in [1.165, 1.54) is 6.92 Å². The zero-order chi connectivity index (χ0) is 17.1. The number of nitrogens with one attached hydrogen (secondary N) is 1. The van der Waals surface area contributed by atoms with E-state index in [0.29, 0.717) is 31.7 Å². The maximum absolute atomic E-state index is 12.6. The molecule has 0 radical (unpaired) electrons. The number of Topliss-reactive ketones (excluding diaryl/α,β-unsaturated/α-hetero) is 1. The molecule has 1 aromatic heterocycles. The molecule has 1 N–H and O–H groups in total. The fourth-order valence-electron chi connectivity index (χ4n) is 2.85. The molecule has 7 heteroatoms. The lowest BCUT2D eigenvalue weighted by molar-refractivity contribution is -0.134. The second-order valence-corrected chi connectivity index (χ2v) is 6.01. The molecule has 1 fully saturated rings. The summed E-state index contributed by atoms with van der Waals surface area (Å²) in [7, 11) is 0. The average molecular weight is 328 g/mol. The van der Waals surface area contributed by atoms with Crippen molar-refractivity contribution in [1.29, 1.82) is 0 Å². The van der Waals surface area contributed by atoms with Gasteiger partial charge in [-0.25, -0.2) is 4.98 Å². The third-order valence-electron chi connectivity index (χ3n) is 4.28. The highest BCUT2D eigenvalue weighted by atomic mass is 16.2. The zero-order valence-corrected chi connectivity index (χ0v) is 13.6. The van der Waals surface area contributed by atoms with E-state index in [1.807, 2.05) is 6.07 Å². The van der Waals surface area contributed by atoms with E-state index in [4.69, 9.17) is 0 Å². The van der Waals surface area contributed by atoms with Crippen LogP contribution < -0.4 is 0 Å². The second-order valence-electron chi connectivity index (χ2n) is 6.01. The molecular weight excluding hydrogens is 308 g/mol. The van der Waals surface area contributed by atoms with Gasteiger partial charge in [0.2, 0.25) is 5.91 Å². The summed E-state index contributed by atoms with van der Waals surface area (Å²) in [5.74, 6) is -0.0372. The summed E-state index contributed by atoms with van der Waals surface area (Å²) in [4.78, 5) is 46.2. The fraction of sp³-hybridized carbons (Fsp3) is 0.412. The van der Waals surface area contributed by atoms with Crippen molar-refractivity contribution in [2.75, 3.05) is 26.2 Å². The second kappa shape index (κ2) is 6.82. The SMILES string of the molecule is CC(=O)CCC(=O)N1CCN(C(=O)c2ccc3nc[nH]c3c2)CC1. The summed E-state index contributed by atoms with van der Waals surface area (Å²) in [5.41, 5.74) is 2.27. The van der Waals surface area contributed by atoms with Gasteiger partial charge in [0.1, 0.15) is 5.78 Å². The molecule has 7 nitrogen and oxygen atoms in total. The van der Waals surface area contributed by atoms with E-state index >= 15 is 0 Å². The van der Waals surface area contributed by atoms with Crippen molar-refractivity contribution in [2.45, 2.75) is 19.8 Å². The molecule has 0 unspecified atom stereocenters. The largest absolute Gasteiger partial charge is 0.345 e. The molecule has 2 amide bonds. The lowest BCUT2D eigenvalue weighted by Gasteiger charge is -2.34. The van der Waals surface area contributed by atoms with Gasteiger partial charge in [-0.3, -0.25) is 9.59 Å². The Hall–Kier alpha value is -2.70. The van der Waals surface area contributed by atoms with Crippen LogP contribution in [0.1, 0.15) is 30.1 Å². The first kappa shape index (κ1) is 16.2. The molecule has 0 saturated carbocycles. The van der Waals surface area contributed by atoms with Crippen LogP contribution in [0, 0.1) is 0 Å². The molecule has 0 spiro atoms. The molecule has 2 aromatic rings. The molecule has 2 heterocycles. The number of nitrogens with zero attached hydrogens (tertiary/aromatic N) is 3. The predicted molar refractivity (Wildman–Crippen MR) is 88.5 cm³/mol. The zero-order valence-electron chi connectivity index (χ0n) is 13.6. The Morgan fingerprint density at radius 1 is 1.08 bits per heavy atom. The first-order valence-electron chi connectivity index (χ1n) is 8.04. The monoisotopic (exact) mass is 328 g/mol. The molecule has 0 atom stereocenters. The number of fused-ring (bicyclic) bond motifs is 1. The van der Waals surface area contributed by atoms with Gasteiger partial charge in [0.25, 0.3) is 5.91 Å². The van der Waals surface area contributed by atoms with Crippen molar-refractivity contribution in [3.05, 3.63) is 30.1 Å². The van der Waals surface area contributed by atoms with Crippen LogP contribution >= 0.6 is 0 Å². The summed E-state index contributed by atoms with van der Waals surface area (Å²) in [6, 6.07) is 5.39.